The van der Waals surface area contributed by atoms with E-state index in [2.05, 4.69) is 41.2 Å². The van der Waals surface area contributed by atoms with Gasteiger partial charge in [0.2, 0.25) is 10.2 Å². The first-order chi connectivity index (χ1) is 7.50. The molecule has 0 spiro atoms. The molecule has 0 amide bonds. The van der Waals surface area contributed by atoms with Crippen molar-refractivity contribution in [1.82, 2.24) is 25.2 Å². The van der Waals surface area contributed by atoms with Crippen LogP contribution in [0, 0.1) is 0 Å². The summed E-state index contributed by atoms with van der Waals surface area (Å²) in [5.74, 6) is 0. The molecule has 0 aliphatic heterocycles. The fourth-order valence-electron chi connectivity index (χ4n) is 0.989. The van der Waals surface area contributed by atoms with Crippen LogP contribution in [-0.2, 0) is 17.1 Å². The number of aryl methyl sites for hydroxylation is 1. The number of nitrogens with one attached hydrogen (secondary N) is 1. The fourth-order valence-corrected chi connectivity index (χ4v) is 3.78. The van der Waals surface area contributed by atoms with Gasteiger partial charge in [0.25, 0.3) is 10.0 Å². The van der Waals surface area contributed by atoms with E-state index < -0.39 is 10.0 Å². The second-order valence-electron chi connectivity index (χ2n) is 2.66. The summed E-state index contributed by atoms with van der Waals surface area (Å²) in [4.78, 5) is 0. The van der Waals surface area contributed by atoms with E-state index >= 15 is 0 Å². The minimum absolute atomic E-state index is 0.0669. The number of anilines is 1. The summed E-state index contributed by atoms with van der Waals surface area (Å²) < 4.78 is 27.4. The lowest BCUT2D eigenvalue weighted by Gasteiger charge is -2.03. The van der Waals surface area contributed by atoms with Crippen molar-refractivity contribution >= 4 is 42.4 Å². The summed E-state index contributed by atoms with van der Waals surface area (Å²) in [5.41, 5.74) is 1.42. The highest BCUT2D eigenvalue weighted by molar-refractivity contribution is 9.10. The summed E-state index contributed by atoms with van der Waals surface area (Å²) in [5, 5.41) is 14.4. The third-order valence-electron chi connectivity index (χ3n) is 1.57. The van der Waals surface area contributed by atoms with Crippen LogP contribution >= 0.6 is 27.3 Å². The molecule has 2 rings (SSSR count). The molecule has 2 aromatic heterocycles. The van der Waals surface area contributed by atoms with E-state index in [0.29, 0.717) is 0 Å². The number of aromatic nitrogens is 5. The summed E-state index contributed by atoms with van der Waals surface area (Å²) in [6.45, 7) is 0. The molecule has 1 N–H and O–H groups in total. The molecule has 0 aliphatic carbocycles. The van der Waals surface area contributed by atoms with Gasteiger partial charge in [-0.2, -0.15) is 8.42 Å². The average Bonchev–Trinajstić information content (AvgIpc) is 2.76. The standard InChI is InChI=1S/C5H5BrN6O2S2/c1-12-4(3(6)8-11-12)16(13,14)10-5-9-7-2-15-5/h2H,1H3,(H,9,10). The van der Waals surface area contributed by atoms with Gasteiger partial charge in [-0.1, -0.05) is 16.6 Å². The maximum Gasteiger partial charge on any atom is 0.283 e. The Morgan fingerprint density at radius 1 is 1.50 bits per heavy atom. The predicted octanol–water partition coefficient (Wildman–Crippen LogP) is 0.230. The van der Waals surface area contributed by atoms with Crippen LogP contribution < -0.4 is 4.72 Å². The molecule has 0 saturated heterocycles. The highest BCUT2D eigenvalue weighted by Crippen LogP contribution is 2.21. The SMILES string of the molecule is Cn1nnc(Br)c1S(=O)(=O)Nc1nncs1. The molecule has 0 radical (unpaired) electrons. The Bertz CT molecular complexity index is 571. The summed E-state index contributed by atoms with van der Waals surface area (Å²) >= 11 is 4.09. The lowest BCUT2D eigenvalue weighted by Crippen LogP contribution is -2.17. The summed E-state index contributed by atoms with van der Waals surface area (Å²) in [6.07, 6.45) is 0. The van der Waals surface area contributed by atoms with Crippen molar-refractivity contribution < 1.29 is 8.42 Å². The lowest BCUT2D eigenvalue weighted by molar-refractivity contribution is 0.578. The average molecular weight is 325 g/mol. The van der Waals surface area contributed by atoms with Crippen molar-refractivity contribution in [2.45, 2.75) is 5.03 Å². The molecule has 0 saturated carbocycles. The first-order valence-corrected chi connectivity index (χ1v) is 7.00. The van der Waals surface area contributed by atoms with Crippen molar-refractivity contribution in [3.8, 4) is 0 Å². The Morgan fingerprint density at radius 3 is 2.75 bits per heavy atom. The van der Waals surface area contributed by atoms with Gasteiger partial charge in [-0.05, 0) is 15.9 Å². The second-order valence-corrected chi connectivity index (χ2v) is 5.84. The Labute approximate surface area is 103 Å². The molecule has 8 nitrogen and oxygen atoms in total. The summed E-state index contributed by atoms with van der Waals surface area (Å²) in [7, 11) is -2.27. The van der Waals surface area contributed by atoms with Crippen LogP contribution in [0.5, 0.6) is 0 Å². The van der Waals surface area contributed by atoms with E-state index in [9.17, 15) is 8.42 Å². The van der Waals surface area contributed by atoms with E-state index in [1.54, 1.807) is 0 Å². The Hall–Kier alpha value is -1.07. The molecule has 86 valence electrons. The minimum Gasteiger partial charge on any atom is -0.252 e. The number of rotatable bonds is 3. The quantitative estimate of drug-likeness (QED) is 0.866. The van der Waals surface area contributed by atoms with Crippen molar-refractivity contribution in [2.75, 3.05) is 4.72 Å². The maximum atomic E-state index is 11.9. The molecular formula is C5H5BrN6O2S2. The fraction of sp³-hybridized carbons (Fsp3) is 0.200. The highest BCUT2D eigenvalue weighted by atomic mass is 79.9. The second kappa shape index (κ2) is 4.07. The molecule has 0 unspecified atom stereocenters. The molecule has 0 bridgehead atoms. The van der Waals surface area contributed by atoms with Crippen LogP contribution in [0.2, 0.25) is 0 Å². The largest absolute Gasteiger partial charge is 0.283 e. The highest BCUT2D eigenvalue weighted by Gasteiger charge is 2.24. The molecule has 0 fully saturated rings. The van der Waals surface area contributed by atoms with Gasteiger partial charge in [0, 0.05) is 7.05 Å². The topological polar surface area (TPSA) is 103 Å². The van der Waals surface area contributed by atoms with Crippen molar-refractivity contribution in [3.63, 3.8) is 0 Å². The van der Waals surface area contributed by atoms with Crippen molar-refractivity contribution in [2.24, 2.45) is 7.05 Å². The normalized spacial score (nSPS) is 11.6. The number of sulfonamides is 1. The minimum atomic E-state index is -3.75. The van der Waals surface area contributed by atoms with Crippen LogP contribution in [-0.4, -0.2) is 33.6 Å². The zero-order valence-corrected chi connectivity index (χ0v) is 11.0. The van der Waals surface area contributed by atoms with Crippen LogP contribution in [0.15, 0.2) is 15.1 Å². The smallest absolute Gasteiger partial charge is 0.252 e. The van der Waals surface area contributed by atoms with Gasteiger partial charge in [0.15, 0.2) is 4.60 Å². The Balaban J connectivity index is 2.40. The molecule has 0 aromatic carbocycles. The first kappa shape index (κ1) is 11.4. The summed E-state index contributed by atoms with van der Waals surface area (Å²) in [6, 6.07) is 0. The molecule has 2 heterocycles. The van der Waals surface area contributed by atoms with E-state index in [4.69, 9.17) is 0 Å². The third kappa shape index (κ3) is 2.05. The van der Waals surface area contributed by atoms with Gasteiger partial charge in [-0.15, -0.1) is 15.3 Å². The first-order valence-electron chi connectivity index (χ1n) is 3.85. The number of hydrogen-bond acceptors (Lipinski definition) is 7. The van der Waals surface area contributed by atoms with Gasteiger partial charge in [-0.3, -0.25) is 4.72 Å². The predicted molar refractivity (Wildman–Crippen MR) is 59.4 cm³/mol. The number of hydrogen-bond donors (Lipinski definition) is 1. The molecule has 11 heteroatoms. The number of halogens is 1. The third-order valence-corrected chi connectivity index (χ3v) is 4.53. The monoisotopic (exact) mass is 324 g/mol. The molecule has 0 aliphatic rings. The molecule has 2 aromatic rings. The van der Waals surface area contributed by atoms with E-state index in [1.165, 1.54) is 12.6 Å². The van der Waals surface area contributed by atoms with Gasteiger partial charge >= 0.3 is 0 Å². The zero-order chi connectivity index (χ0) is 11.8. The van der Waals surface area contributed by atoms with Gasteiger partial charge in [0.05, 0.1) is 0 Å². The van der Waals surface area contributed by atoms with Crippen molar-refractivity contribution in [3.05, 3.63) is 10.1 Å². The van der Waals surface area contributed by atoms with Crippen LogP contribution in [0.1, 0.15) is 0 Å². The Morgan fingerprint density at radius 2 is 2.25 bits per heavy atom. The molecular weight excluding hydrogens is 320 g/mol. The van der Waals surface area contributed by atoms with Crippen molar-refractivity contribution in [1.29, 1.82) is 0 Å². The zero-order valence-electron chi connectivity index (χ0n) is 7.82. The van der Waals surface area contributed by atoms with Crippen LogP contribution in [0.3, 0.4) is 0 Å². The molecule has 0 atom stereocenters. The van der Waals surface area contributed by atoms with Crippen LogP contribution in [0.25, 0.3) is 0 Å². The van der Waals surface area contributed by atoms with Crippen LogP contribution in [0.4, 0.5) is 5.13 Å². The Kier molecular flexibility index (Phi) is 2.90. The van der Waals surface area contributed by atoms with E-state index in [1.807, 2.05) is 0 Å². The molecule has 16 heavy (non-hydrogen) atoms. The van der Waals surface area contributed by atoms with Gasteiger partial charge in [-0.25, -0.2) is 4.68 Å². The van der Waals surface area contributed by atoms with Gasteiger partial charge in [0.1, 0.15) is 5.51 Å². The maximum absolute atomic E-state index is 11.9. The van der Waals surface area contributed by atoms with E-state index in [0.717, 1.165) is 16.0 Å². The lowest BCUT2D eigenvalue weighted by atomic mass is 10.9. The van der Waals surface area contributed by atoms with E-state index in [-0.39, 0.29) is 14.8 Å². The van der Waals surface area contributed by atoms with Gasteiger partial charge < -0.3 is 0 Å². The number of nitrogens with zero attached hydrogens (tertiary/aromatic N) is 5.